The first-order valence-electron chi connectivity index (χ1n) is 38.6. The van der Waals surface area contributed by atoms with Crippen LogP contribution in [0.5, 0.6) is 11.5 Å². The molecule has 0 spiro atoms. The van der Waals surface area contributed by atoms with E-state index in [1.807, 2.05) is 163 Å². The molecule has 0 bridgehead atoms. The van der Waals surface area contributed by atoms with Crippen LogP contribution in [0.15, 0.2) is 288 Å². The first kappa shape index (κ1) is 36.0. The van der Waals surface area contributed by atoms with E-state index in [0.29, 0.717) is 66.3 Å². The fourth-order valence-electron chi connectivity index (χ4n) is 14.4. The average Bonchev–Trinajstić information content (AvgIpc) is 1.65. The van der Waals surface area contributed by atoms with E-state index in [2.05, 4.69) is 37.8 Å². The number of hydrogen-bond donors (Lipinski definition) is 0. The molecule has 0 fully saturated rings. The van der Waals surface area contributed by atoms with Crippen molar-refractivity contribution in [3.05, 3.63) is 284 Å². The Hall–Kier alpha value is -10.5. The Morgan fingerprint density at radius 3 is 1.55 bits per heavy atom. The van der Waals surface area contributed by atoms with Crippen LogP contribution in [0, 0.1) is 0 Å². The van der Waals surface area contributed by atoms with Gasteiger partial charge in [0.2, 0.25) is 0 Å². The van der Waals surface area contributed by atoms with Crippen LogP contribution in [-0.2, 0) is 5.41 Å². The molecule has 7 heteroatoms. The Labute approximate surface area is 548 Å². The predicted molar refractivity (Wildman–Crippen MR) is 376 cm³/mol. The number of aromatic nitrogens is 1. The Morgan fingerprint density at radius 2 is 0.955 bits per heavy atom. The summed E-state index contributed by atoms with van der Waals surface area (Å²) in [4.78, 5) is 4.55. The lowest BCUT2D eigenvalue weighted by atomic mass is 9.30. The minimum absolute atomic E-state index is 0.00000642. The number of benzene rings is 13. The van der Waals surface area contributed by atoms with E-state index in [0.717, 1.165) is 39.6 Å². The molecule has 5 aliphatic heterocycles. The van der Waals surface area contributed by atoms with Crippen molar-refractivity contribution >= 4 is 114 Å². The molecule has 19 rings (SSSR count). The third-order valence-electron chi connectivity index (χ3n) is 18.2. The molecule has 0 N–H and O–H groups in total. The molecule has 14 aromatic rings. The number of fused-ring (bicyclic) bond motifs is 9. The van der Waals surface area contributed by atoms with Gasteiger partial charge in [0.05, 0.1) is 47.1 Å². The van der Waals surface area contributed by atoms with E-state index in [9.17, 15) is 20.6 Å². The smallest absolute Gasteiger partial charge is 0.259 e. The van der Waals surface area contributed by atoms with E-state index < -0.39 is 127 Å². The fraction of sp³-hybridized carbons (Fsp3) is 0.0488. The zero-order valence-corrected chi connectivity index (χ0v) is 48.8. The zero-order valence-electron chi connectivity index (χ0n) is 66.0. The van der Waals surface area contributed by atoms with Gasteiger partial charge in [-0.3, -0.25) is 0 Å². The van der Waals surface area contributed by atoms with Gasteiger partial charge >= 0.3 is 0 Å². The van der Waals surface area contributed by atoms with Crippen LogP contribution >= 0.6 is 11.8 Å². The maximum absolute atomic E-state index is 12.0. The summed E-state index contributed by atoms with van der Waals surface area (Å²) in [6, 6.07) is 45.3. The highest BCUT2D eigenvalue weighted by atomic mass is 32.2. The van der Waals surface area contributed by atoms with Gasteiger partial charge in [0, 0.05) is 71.3 Å². The molecule has 0 radical (unpaired) electrons. The van der Waals surface area contributed by atoms with Crippen LogP contribution in [0.4, 0.5) is 34.1 Å². The number of ether oxygens (including phenoxy) is 1. The summed E-state index contributed by atoms with van der Waals surface area (Å²) in [7, 11) is 0. The van der Waals surface area contributed by atoms with Crippen LogP contribution in [0.1, 0.15) is 51.0 Å². The second kappa shape index (κ2) is 19.0. The van der Waals surface area contributed by atoms with E-state index in [1.165, 1.54) is 0 Å². The maximum Gasteiger partial charge on any atom is 0.259 e. The fourth-order valence-corrected chi connectivity index (χ4v) is 15.7. The molecule has 4 nitrogen and oxygen atoms in total. The Morgan fingerprint density at radius 1 is 0.404 bits per heavy atom. The monoisotopic (exact) mass is 1170 g/mol. The van der Waals surface area contributed by atoms with Crippen LogP contribution in [0.2, 0.25) is 0 Å². The second-order valence-corrected chi connectivity index (χ2v) is 25.0. The van der Waals surface area contributed by atoms with Crippen molar-refractivity contribution < 1.29 is 29.4 Å². The second-order valence-electron chi connectivity index (χ2n) is 24.0. The lowest BCUT2D eigenvalue weighted by Gasteiger charge is -2.48. The van der Waals surface area contributed by atoms with Gasteiger partial charge in [0.25, 0.3) is 13.4 Å². The van der Waals surface area contributed by atoms with Gasteiger partial charge in [-0.1, -0.05) is 257 Å². The molecule has 89 heavy (non-hydrogen) atoms. The van der Waals surface area contributed by atoms with Gasteiger partial charge in [-0.05, 0) is 132 Å². The molecule has 6 heterocycles. The van der Waals surface area contributed by atoms with Gasteiger partial charge in [-0.2, -0.15) is 0 Å². The van der Waals surface area contributed by atoms with Crippen molar-refractivity contribution in [1.29, 1.82) is 0 Å². The number of nitrogens with zero attached hydrogens (tertiary/aromatic N) is 3. The quantitative estimate of drug-likeness (QED) is 0.148. The first-order valence-corrected chi connectivity index (χ1v) is 30.4. The molecular formula is C82H55B2N3OS. The van der Waals surface area contributed by atoms with Gasteiger partial charge in [0.1, 0.15) is 11.5 Å². The SMILES string of the molecule is [2H]c1c([2H])c([2H])c(-c2c([2H])c([2H])c3c(c2[2H])N(c2c(-c4ccccc4)cccc2-c2ccccc2)c2cc(C(C)(C)C)cc4c2B3c2c3c5c(c([2H])c2N4c2c(-c4ccccc4)cccc2-c2ccccc2)-n2c4c([2H])c([2H])c([2H])c([2H])c4c4c([2H])c([2H])c6c(c42)B5c2c(c([2H])c([2H])c([2H])c2S3)O6)c([2H])c1[2H]. The molecule has 5 aliphatic rings. The van der Waals surface area contributed by atoms with Crippen molar-refractivity contribution in [3.8, 4) is 72.8 Å². The minimum Gasteiger partial charge on any atom is -0.458 e. The lowest BCUT2D eigenvalue weighted by Crippen LogP contribution is -2.66. The zero-order chi connectivity index (χ0) is 74.5. The largest absolute Gasteiger partial charge is 0.458 e. The molecule has 13 aromatic carbocycles. The number of rotatable bonds is 7. The minimum atomic E-state index is -1.37. The Balaban J connectivity index is 1.10. The van der Waals surface area contributed by atoms with Gasteiger partial charge in [-0.15, -0.1) is 0 Å². The predicted octanol–water partition coefficient (Wildman–Crippen LogP) is 17.9. The van der Waals surface area contributed by atoms with Gasteiger partial charge in [0.15, 0.2) is 0 Å². The summed E-state index contributed by atoms with van der Waals surface area (Å²) in [5, 5.41) is -0.108. The van der Waals surface area contributed by atoms with Crippen LogP contribution < -0.4 is 47.3 Å². The van der Waals surface area contributed by atoms with E-state index in [4.69, 9.17) is 8.85 Å². The van der Waals surface area contributed by atoms with Crippen LogP contribution in [0.3, 0.4) is 0 Å². The van der Waals surface area contributed by atoms with Crippen LogP contribution in [0.25, 0.3) is 83.1 Å². The molecule has 0 saturated carbocycles. The third-order valence-corrected chi connectivity index (χ3v) is 19.4. The highest BCUT2D eigenvalue weighted by molar-refractivity contribution is 8.00. The number of para-hydroxylation sites is 3. The summed E-state index contributed by atoms with van der Waals surface area (Å²) in [6.45, 7) is 3.66. The molecular weight excluding hydrogens is 1100 g/mol. The highest BCUT2D eigenvalue weighted by Crippen LogP contribution is 2.56. The maximum atomic E-state index is 12.0. The summed E-state index contributed by atoms with van der Waals surface area (Å²) in [6.07, 6.45) is 0. The van der Waals surface area contributed by atoms with Crippen molar-refractivity contribution in [2.75, 3.05) is 9.80 Å². The summed E-state index contributed by atoms with van der Waals surface area (Å²) in [5.74, 6) is -0.342. The molecule has 0 unspecified atom stereocenters. The van der Waals surface area contributed by atoms with E-state index >= 15 is 0 Å². The number of anilines is 6. The molecule has 416 valence electrons. The average molecular weight is 1170 g/mol. The van der Waals surface area contributed by atoms with Gasteiger partial charge in [-0.25, -0.2) is 0 Å². The summed E-state index contributed by atoms with van der Waals surface area (Å²) >= 11 is 1.08. The van der Waals surface area contributed by atoms with Gasteiger partial charge < -0.3 is 19.1 Å². The molecule has 0 atom stereocenters. The lowest BCUT2D eigenvalue weighted by molar-refractivity contribution is 0.486. The Bertz CT molecular complexity index is 6290. The van der Waals surface area contributed by atoms with E-state index in [1.54, 1.807) is 4.57 Å². The Kier molecular flexibility index (Phi) is 7.69. The van der Waals surface area contributed by atoms with Crippen molar-refractivity contribution in [2.45, 2.75) is 36.0 Å². The topological polar surface area (TPSA) is 20.6 Å². The van der Waals surface area contributed by atoms with Crippen molar-refractivity contribution in [3.63, 3.8) is 0 Å². The highest BCUT2D eigenvalue weighted by Gasteiger charge is 2.52. The first-order chi connectivity index (χ1) is 51.3. The summed E-state index contributed by atoms with van der Waals surface area (Å²) < 4.78 is 188. The molecule has 0 saturated heterocycles. The molecule has 0 amide bonds. The number of hydrogen-bond acceptors (Lipinski definition) is 4. The normalized spacial score (nSPS) is 16.3. The molecule has 1 aromatic heterocycles. The third kappa shape index (κ3) is 7.28. The standard InChI is InChI=1S/C82H55B2N3OS/c1-82(2,3)56-47-66-73-67(48-56)87(79-59(53-30-15-7-16-31-53)37-22-38-60(79)54-32-17-8-18-33-54)68-49-69-75-81(89-72-41-23-40-70-76(72)84(75)77-71(88-70)45-43-62-61-34-19-20-39-64(61)85(69)80(62)77)74(68)83(73)63-44-42-55(50-24-9-4-10-25-50)46-65(63)86(66)78-57(51-26-11-5-12-27-51)35-21-36-58(78)52-28-13-6-14-29-52/h4-49H,1-3H3/i4D,9D,10D,19D,20D,23D,24D,25D,34D,39D,40D,41D,42D,43D,44D,45D,46D,49D. The van der Waals surface area contributed by atoms with Crippen LogP contribution in [-0.4, -0.2) is 18.0 Å². The van der Waals surface area contributed by atoms with E-state index in [-0.39, 0.29) is 83.7 Å². The molecule has 0 aliphatic carbocycles. The van der Waals surface area contributed by atoms with Crippen molar-refractivity contribution in [1.82, 2.24) is 4.57 Å². The van der Waals surface area contributed by atoms with Crippen molar-refractivity contribution in [2.24, 2.45) is 0 Å². The summed E-state index contributed by atoms with van der Waals surface area (Å²) in [5.41, 5.74) is 8.85.